The molecular formula is C30H32N8O6. The third-order valence-corrected chi connectivity index (χ3v) is 6.83. The molecule has 2 amide bonds. The summed E-state index contributed by atoms with van der Waals surface area (Å²) in [6, 6.07) is 8.47. The molecule has 228 valence electrons. The predicted molar refractivity (Wildman–Crippen MR) is 157 cm³/mol. The molecule has 0 atom stereocenters. The Balaban J connectivity index is 0.000000175. The zero-order chi connectivity index (χ0) is 31.4. The SMILES string of the molecule is Cc1ccc(C(=O)Nc2ccn(Cc3c(C)noc3C)n2)o1.Cc1noc(C)c1Cn1ccc(NC(=O)c2ccoc2C)n1. The van der Waals surface area contributed by atoms with Gasteiger partial charge in [0.2, 0.25) is 0 Å². The summed E-state index contributed by atoms with van der Waals surface area (Å²) >= 11 is 0. The highest BCUT2D eigenvalue weighted by molar-refractivity contribution is 6.04. The second-order valence-electron chi connectivity index (χ2n) is 10.1. The minimum absolute atomic E-state index is 0.242. The fraction of sp³-hybridized carbons (Fsp3) is 0.267. The highest BCUT2D eigenvalue weighted by Gasteiger charge is 2.15. The molecule has 0 aromatic carbocycles. The third-order valence-electron chi connectivity index (χ3n) is 6.83. The van der Waals surface area contributed by atoms with Gasteiger partial charge in [-0.05, 0) is 59.7 Å². The second-order valence-corrected chi connectivity index (χ2v) is 10.1. The first-order valence-corrected chi connectivity index (χ1v) is 13.7. The van der Waals surface area contributed by atoms with Crippen LogP contribution in [0.15, 0.2) is 66.9 Å². The topological polar surface area (TPSA) is 172 Å². The Labute approximate surface area is 252 Å². The average molecular weight is 601 g/mol. The molecule has 0 aliphatic carbocycles. The van der Waals surface area contributed by atoms with Gasteiger partial charge in [0, 0.05) is 35.7 Å². The first-order valence-electron chi connectivity index (χ1n) is 13.7. The van der Waals surface area contributed by atoms with Gasteiger partial charge in [-0.15, -0.1) is 0 Å². The van der Waals surface area contributed by atoms with Crippen molar-refractivity contribution < 1.29 is 27.5 Å². The number of hydrogen-bond acceptors (Lipinski definition) is 10. The Hall–Kier alpha value is -5.66. The van der Waals surface area contributed by atoms with E-state index in [9.17, 15) is 9.59 Å². The summed E-state index contributed by atoms with van der Waals surface area (Å²) in [5, 5.41) is 21.9. The summed E-state index contributed by atoms with van der Waals surface area (Å²) in [6.45, 7) is 12.1. The average Bonchev–Trinajstić information content (AvgIpc) is 3.84. The van der Waals surface area contributed by atoms with Crippen molar-refractivity contribution in [3.63, 3.8) is 0 Å². The molecule has 0 saturated carbocycles. The van der Waals surface area contributed by atoms with Crippen LogP contribution in [0.2, 0.25) is 0 Å². The van der Waals surface area contributed by atoms with Gasteiger partial charge >= 0.3 is 0 Å². The molecule has 6 rings (SSSR count). The van der Waals surface area contributed by atoms with Gasteiger partial charge < -0.3 is 28.5 Å². The number of carbonyl (C=O) groups excluding carboxylic acids is 2. The first-order chi connectivity index (χ1) is 21.1. The van der Waals surface area contributed by atoms with Gasteiger partial charge in [-0.2, -0.15) is 10.2 Å². The number of rotatable bonds is 8. The van der Waals surface area contributed by atoms with Gasteiger partial charge in [0.1, 0.15) is 23.0 Å². The summed E-state index contributed by atoms with van der Waals surface area (Å²) < 4.78 is 24.1. The molecule has 0 bridgehead atoms. The predicted octanol–water partition coefficient (Wildman–Crippen LogP) is 5.38. The Morgan fingerprint density at radius 1 is 0.705 bits per heavy atom. The minimum atomic E-state index is -0.323. The second kappa shape index (κ2) is 12.7. The molecule has 6 heterocycles. The molecule has 14 nitrogen and oxygen atoms in total. The summed E-state index contributed by atoms with van der Waals surface area (Å²) in [5.41, 5.74) is 4.16. The van der Waals surface area contributed by atoms with Crippen LogP contribution in [0.25, 0.3) is 0 Å². The van der Waals surface area contributed by atoms with Crippen molar-refractivity contribution in [1.82, 2.24) is 29.9 Å². The molecule has 14 heteroatoms. The number of aromatic nitrogens is 6. The van der Waals surface area contributed by atoms with Crippen molar-refractivity contribution in [2.75, 3.05) is 10.6 Å². The van der Waals surface area contributed by atoms with Crippen LogP contribution in [0.1, 0.15) is 66.5 Å². The molecule has 2 N–H and O–H groups in total. The van der Waals surface area contributed by atoms with Crippen LogP contribution in [0, 0.1) is 41.5 Å². The molecule has 6 aromatic rings. The lowest BCUT2D eigenvalue weighted by Crippen LogP contribution is -2.13. The smallest absolute Gasteiger partial charge is 0.292 e. The molecule has 0 aliphatic heterocycles. The fourth-order valence-corrected chi connectivity index (χ4v) is 4.35. The number of hydrogen-bond donors (Lipinski definition) is 2. The maximum absolute atomic E-state index is 12.1. The van der Waals surface area contributed by atoms with Crippen LogP contribution in [-0.4, -0.2) is 41.7 Å². The zero-order valence-corrected chi connectivity index (χ0v) is 25.2. The van der Waals surface area contributed by atoms with E-state index in [2.05, 4.69) is 31.1 Å². The Morgan fingerprint density at radius 3 is 1.68 bits per heavy atom. The molecule has 0 saturated heterocycles. The van der Waals surface area contributed by atoms with E-state index in [0.717, 1.165) is 34.0 Å². The van der Waals surface area contributed by atoms with E-state index in [-0.39, 0.29) is 17.6 Å². The Kier molecular flexibility index (Phi) is 8.60. The largest absolute Gasteiger partial charge is 0.469 e. The summed E-state index contributed by atoms with van der Waals surface area (Å²) in [5.74, 6) is 3.45. The third kappa shape index (κ3) is 6.86. The fourth-order valence-electron chi connectivity index (χ4n) is 4.35. The lowest BCUT2D eigenvalue weighted by Gasteiger charge is -2.02. The van der Waals surface area contributed by atoms with Crippen LogP contribution in [0.4, 0.5) is 11.6 Å². The molecule has 0 spiro atoms. The number of furan rings is 2. The van der Waals surface area contributed by atoms with E-state index in [4.69, 9.17) is 17.9 Å². The lowest BCUT2D eigenvalue weighted by molar-refractivity contribution is 0.0992. The highest BCUT2D eigenvalue weighted by Crippen LogP contribution is 2.17. The van der Waals surface area contributed by atoms with Crippen LogP contribution in [0.3, 0.4) is 0 Å². The van der Waals surface area contributed by atoms with Crippen molar-refractivity contribution in [3.8, 4) is 0 Å². The van der Waals surface area contributed by atoms with Gasteiger partial charge in [-0.25, -0.2) is 0 Å². The molecule has 44 heavy (non-hydrogen) atoms. The normalized spacial score (nSPS) is 10.9. The molecule has 6 aromatic heterocycles. The van der Waals surface area contributed by atoms with Crippen molar-refractivity contribution >= 4 is 23.5 Å². The maximum atomic E-state index is 12.1. The number of aryl methyl sites for hydroxylation is 6. The Morgan fingerprint density at radius 2 is 1.25 bits per heavy atom. The van der Waals surface area contributed by atoms with E-state index < -0.39 is 0 Å². The lowest BCUT2D eigenvalue weighted by atomic mass is 10.2. The first kappa shape index (κ1) is 29.8. The quantitative estimate of drug-likeness (QED) is 0.231. The van der Waals surface area contributed by atoms with Gasteiger partial charge in [0.05, 0.1) is 36.3 Å². The van der Waals surface area contributed by atoms with Crippen molar-refractivity contribution in [2.24, 2.45) is 0 Å². The maximum Gasteiger partial charge on any atom is 0.292 e. The van der Waals surface area contributed by atoms with Crippen molar-refractivity contribution in [2.45, 2.75) is 54.6 Å². The molecule has 0 unspecified atom stereocenters. The van der Waals surface area contributed by atoms with E-state index in [1.807, 2.05) is 27.7 Å². The summed E-state index contributed by atoms with van der Waals surface area (Å²) in [7, 11) is 0. The Bertz CT molecular complexity index is 1860. The molecule has 0 fully saturated rings. The summed E-state index contributed by atoms with van der Waals surface area (Å²) in [6.07, 6.45) is 5.07. The minimum Gasteiger partial charge on any atom is -0.469 e. The number of nitrogens with zero attached hydrogens (tertiary/aromatic N) is 6. The van der Waals surface area contributed by atoms with Crippen molar-refractivity contribution in [1.29, 1.82) is 0 Å². The van der Waals surface area contributed by atoms with Gasteiger partial charge in [0.15, 0.2) is 17.4 Å². The number of anilines is 2. The number of amides is 2. The molecular weight excluding hydrogens is 568 g/mol. The van der Waals surface area contributed by atoms with E-state index >= 15 is 0 Å². The van der Waals surface area contributed by atoms with Crippen LogP contribution in [-0.2, 0) is 13.1 Å². The van der Waals surface area contributed by atoms with E-state index in [1.54, 1.807) is 65.9 Å². The van der Waals surface area contributed by atoms with Gasteiger partial charge in [0.25, 0.3) is 11.8 Å². The van der Waals surface area contributed by atoms with Gasteiger partial charge in [-0.3, -0.25) is 19.0 Å². The number of nitrogens with one attached hydrogen (secondary N) is 2. The standard InChI is InChI=1S/2C15H16N4O3/c1-9-13(11(3)22-18-9)8-19-6-4-14(17-19)16-15(20)12-5-7-21-10(12)2;1-9-4-5-13(21-9)15(20)16-14-6-7-19(17-14)8-12-10(2)18-22-11(12)3/h2*4-7H,8H2,1-3H3,(H,16,17,20). The van der Waals surface area contributed by atoms with Gasteiger partial charge in [-0.1, -0.05) is 10.3 Å². The van der Waals surface area contributed by atoms with Crippen LogP contribution < -0.4 is 10.6 Å². The van der Waals surface area contributed by atoms with E-state index in [0.29, 0.717) is 41.8 Å². The molecule has 0 radical (unpaired) electrons. The molecule has 0 aliphatic rings. The monoisotopic (exact) mass is 600 g/mol. The van der Waals surface area contributed by atoms with Crippen LogP contribution >= 0.6 is 0 Å². The zero-order valence-electron chi connectivity index (χ0n) is 25.2. The van der Waals surface area contributed by atoms with Crippen LogP contribution in [0.5, 0.6) is 0 Å². The highest BCUT2D eigenvalue weighted by atomic mass is 16.5. The number of carbonyl (C=O) groups is 2. The van der Waals surface area contributed by atoms with Crippen molar-refractivity contribution in [3.05, 3.63) is 106 Å². The summed E-state index contributed by atoms with van der Waals surface area (Å²) in [4.78, 5) is 24.1. The van der Waals surface area contributed by atoms with E-state index in [1.165, 1.54) is 6.26 Å².